The molecule has 0 aliphatic heterocycles. The van der Waals surface area contributed by atoms with Crippen LogP contribution in [0.3, 0.4) is 0 Å². The van der Waals surface area contributed by atoms with Crippen molar-refractivity contribution < 1.29 is 13.5 Å². The van der Waals surface area contributed by atoms with Gasteiger partial charge in [0.25, 0.3) is 0 Å². The third-order valence-electron chi connectivity index (χ3n) is 4.24. The summed E-state index contributed by atoms with van der Waals surface area (Å²) >= 11 is 5.99. The molecule has 3 aromatic rings. The lowest BCUT2D eigenvalue weighted by molar-refractivity contribution is -0.0504. The first-order chi connectivity index (χ1) is 14.6. The van der Waals surface area contributed by atoms with Crippen LogP contribution in [0.5, 0.6) is 5.75 Å². The van der Waals surface area contributed by atoms with Crippen LogP contribution in [0.25, 0.3) is 5.65 Å². The minimum absolute atomic E-state index is 0. The van der Waals surface area contributed by atoms with Crippen molar-refractivity contribution in [1.82, 2.24) is 25.2 Å². The molecule has 0 fully saturated rings. The van der Waals surface area contributed by atoms with Crippen LogP contribution in [0.15, 0.2) is 47.6 Å². The average molecular weight is 565 g/mol. The Labute approximate surface area is 201 Å². The van der Waals surface area contributed by atoms with Crippen LogP contribution >= 0.6 is 35.6 Å². The maximum absolute atomic E-state index is 12.6. The van der Waals surface area contributed by atoms with E-state index in [0.29, 0.717) is 29.6 Å². The highest BCUT2D eigenvalue weighted by Crippen LogP contribution is 2.25. The average Bonchev–Trinajstić information content (AvgIpc) is 3.14. The molecule has 0 radical (unpaired) electrons. The van der Waals surface area contributed by atoms with Gasteiger partial charge in [-0.15, -0.1) is 34.2 Å². The molecule has 168 valence electrons. The number of nitrogens with one attached hydrogen (secondary N) is 2. The van der Waals surface area contributed by atoms with Crippen molar-refractivity contribution in [3.8, 4) is 5.75 Å². The molecule has 2 heterocycles. The van der Waals surface area contributed by atoms with Crippen molar-refractivity contribution in [1.29, 1.82) is 0 Å². The minimum Gasteiger partial charge on any atom is -0.434 e. The molecule has 2 aromatic heterocycles. The summed E-state index contributed by atoms with van der Waals surface area (Å²) in [5.74, 6) is 1.53. The molecule has 0 spiro atoms. The molecular weight excluding hydrogens is 541 g/mol. The molecular formula is C20H24ClF2IN6O. The third kappa shape index (κ3) is 7.46. The highest BCUT2D eigenvalue weighted by molar-refractivity contribution is 14.0. The number of aromatic nitrogens is 3. The molecule has 0 amide bonds. The standard InChI is InChI=1S/C20H23ClF2N6O.HI/c1-2-24-20(26-13-14-12-15(21)8-9-16(14)30-19(22)23)25-10-5-7-18-28-27-17-6-3-4-11-29(17)18;/h3-4,6,8-9,11-12,19H,2,5,7,10,13H2,1H3,(H2,24,25,26);1H. The van der Waals surface area contributed by atoms with Crippen LogP contribution in [-0.2, 0) is 13.0 Å². The van der Waals surface area contributed by atoms with Gasteiger partial charge in [0.15, 0.2) is 11.6 Å². The van der Waals surface area contributed by atoms with Gasteiger partial charge in [-0.1, -0.05) is 17.7 Å². The summed E-state index contributed by atoms with van der Waals surface area (Å²) in [6.45, 7) is 0.505. The third-order valence-corrected chi connectivity index (χ3v) is 4.48. The van der Waals surface area contributed by atoms with Crippen molar-refractivity contribution in [2.75, 3.05) is 13.1 Å². The first-order valence-electron chi connectivity index (χ1n) is 9.61. The Balaban J connectivity index is 0.00000341. The second-order valence-corrected chi connectivity index (χ2v) is 6.84. The largest absolute Gasteiger partial charge is 0.434 e. The smallest absolute Gasteiger partial charge is 0.387 e. The summed E-state index contributed by atoms with van der Waals surface area (Å²) in [6, 6.07) is 10.3. The van der Waals surface area contributed by atoms with Crippen molar-refractivity contribution in [3.05, 3.63) is 59.0 Å². The molecule has 2 N–H and O–H groups in total. The molecule has 31 heavy (non-hydrogen) atoms. The highest BCUT2D eigenvalue weighted by atomic mass is 127. The highest BCUT2D eigenvalue weighted by Gasteiger charge is 2.11. The van der Waals surface area contributed by atoms with Gasteiger partial charge in [0, 0.05) is 36.3 Å². The number of pyridine rings is 1. The van der Waals surface area contributed by atoms with E-state index in [0.717, 1.165) is 24.3 Å². The van der Waals surface area contributed by atoms with Gasteiger partial charge >= 0.3 is 6.61 Å². The zero-order valence-electron chi connectivity index (χ0n) is 16.9. The SMILES string of the molecule is CCNC(=NCc1cc(Cl)ccc1OC(F)F)NCCCc1nnc2ccccn12.I. The zero-order valence-corrected chi connectivity index (χ0v) is 20.0. The van der Waals surface area contributed by atoms with E-state index >= 15 is 0 Å². The molecule has 0 atom stereocenters. The lowest BCUT2D eigenvalue weighted by Crippen LogP contribution is -2.37. The topological polar surface area (TPSA) is 75.8 Å². The van der Waals surface area contributed by atoms with Crippen LogP contribution in [0, 0.1) is 0 Å². The Morgan fingerprint density at radius 2 is 2.06 bits per heavy atom. The summed E-state index contributed by atoms with van der Waals surface area (Å²) < 4.78 is 31.7. The van der Waals surface area contributed by atoms with Crippen molar-refractivity contribution in [3.63, 3.8) is 0 Å². The number of benzene rings is 1. The Kier molecular flexibility index (Phi) is 10.2. The van der Waals surface area contributed by atoms with Crippen LogP contribution in [-0.4, -0.2) is 40.3 Å². The predicted molar refractivity (Wildman–Crippen MR) is 128 cm³/mol. The number of hydrogen-bond acceptors (Lipinski definition) is 4. The number of alkyl halides is 2. The molecule has 7 nitrogen and oxygen atoms in total. The maximum Gasteiger partial charge on any atom is 0.387 e. The molecule has 0 saturated carbocycles. The zero-order chi connectivity index (χ0) is 21.3. The fourth-order valence-corrected chi connectivity index (χ4v) is 3.10. The van der Waals surface area contributed by atoms with E-state index in [4.69, 9.17) is 11.6 Å². The Morgan fingerprint density at radius 1 is 1.23 bits per heavy atom. The lowest BCUT2D eigenvalue weighted by Gasteiger charge is -2.13. The fraction of sp³-hybridized carbons (Fsp3) is 0.350. The monoisotopic (exact) mass is 564 g/mol. The van der Waals surface area contributed by atoms with E-state index in [-0.39, 0.29) is 36.3 Å². The molecule has 1 aromatic carbocycles. The summed E-state index contributed by atoms with van der Waals surface area (Å²) in [7, 11) is 0. The summed E-state index contributed by atoms with van der Waals surface area (Å²) in [5, 5.41) is 15.2. The Hall–Kier alpha value is -2.21. The van der Waals surface area contributed by atoms with E-state index in [9.17, 15) is 8.78 Å². The minimum atomic E-state index is -2.91. The van der Waals surface area contributed by atoms with E-state index in [2.05, 4.69) is 30.6 Å². The second kappa shape index (κ2) is 12.6. The van der Waals surface area contributed by atoms with Gasteiger partial charge in [0.05, 0.1) is 6.54 Å². The molecule has 0 saturated heterocycles. The molecule has 3 rings (SSSR count). The number of halogens is 4. The fourth-order valence-electron chi connectivity index (χ4n) is 2.90. The maximum atomic E-state index is 12.6. The quantitative estimate of drug-likeness (QED) is 0.176. The van der Waals surface area contributed by atoms with Crippen LogP contribution in [0.1, 0.15) is 24.7 Å². The van der Waals surface area contributed by atoms with Crippen LogP contribution < -0.4 is 15.4 Å². The normalized spacial score (nSPS) is 11.5. The molecule has 0 aliphatic carbocycles. The molecule has 0 aliphatic rings. The van der Waals surface area contributed by atoms with Gasteiger partial charge in [-0.05, 0) is 43.7 Å². The van der Waals surface area contributed by atoms with Crippen molar-refractivity contribution in [2.24, 2.45) is 4.99 Å². The number of hydrogen-bond donors (Lipinski definition) is 2. The number of guanidine groups is 1. The number of aryl methyl sites for hydroxylation is 1. The van der Waals surface area contributed by atoms with Gasteiger partial charge in [-0.25, -0.2) is 4.99 Å². The lowest BCUT2D eigenvalue weighted by atomic mass is 10.2. The van der Waals surface area contributed by atoms with Gasteiger partial charge in [0.1, 0.15) is 11.6 Å². The summed E-state index contributed by atoms with van der Waals surface area (Å²) in [5.41, 5.74) is 1.30. The predicted octanol–water partition coefficient (Wildman–Crippen LogP) is 4.29. The second-order valence-electron chi connectivity index (χ2n) is 6.40. The number of nitrogens with zero attached hydrogens (tertiary/aromatic N) is 4. The van der Waals surface area contributed by atoms with E-state index in [1.165, 1.54) is 12.1 Å². The van der Waals surface area contributed by atoms with E-state index in [1.54, 1.807) is 6.07 Å². The first-order valence-corrected chi connectivity index (χ1v) is 9.98. The van der Waals surface area contributed by atoms with Gasteiger partial charge < -0.3 is 15.4 Å². The Bertz CT molecular complexity index is 1000. The van der Waals surface area contributed by atoms with Crippen molar-refractivity contribution in [2.45, 2.75) is 32.9 Å². The van der Waals surface area contributed by atoms with Gasteiger partial charge in [-0.3, -0.25) is 4.40 Å². The number of rotatable bonds is 9. The van der Waals surface area contributed by atoms with Crippen LogP contribution in [0.2, 0.25) is 5.02 Å². The van der Waals surface area contributed by atoms with Crippen LogP contribution in [0.4, 0.5) is 8.78 Å². The van der Waals surface area contributed by atoms with Crippen molar-refractivity contribution >= 4 is 47.2 Å². The first kappa shape index (κ1) is 25.1. The number of fused-ring (bicyclic) bond motifs is 1. The number of ether oxygens (including phenoxy) is 1. The number of aliphatic imine (C=N–C) groups is 1. The van der Waals surface area contributed by atoms with E-state index in [1.807, 2.05) is 35.7 Å². The van der Waals surface area contributed by atoms with Gasteiger partial charge in [0.2, 0.25) is 0 Å². The van der Waals surface area contributed by atoms with Gasteiger partial charge in [-0.2, -0.15) is 8.78 Å². The summed E-state index contributed by atoms with van der Waals surface area (Å²) in [6.07, 6.45) is 3.50. The Morgan fingerprint density at radius 3 is 2.84 bits per heavy atom. The van der Waals surface area contributed by atoms with E-state index < -0.39 is 6.61 Å². The summed E-state index contributed by atoms with van der Waals surface area (Å²) in [4.78, 5) is 4.45. The molecule has 0 bridgehead atoms. The molecule has 0 unspecified atom stereocenters. The molecule has 11 heteroatoms.